The van der Waals surface area contributed by atoms with Gasteiger partial charge in [0, 0.05) is 23.9 Å². The van der Waals surface area contributed by atoms with Crippen molar-refractivity contribution in [3.63, 3.8) is 0 Å². The van der Waals surface area contributed by atoms with E-state index in [1.54, 1.807) is 12.1 Å². The van der Waals surface area contributed by atoms with Crippen molar-refractivity contribution >= 4 is 5.96 Å². The largest absolute Gasteiger partial charge is 0.380 e. The number of aliphatic imine (C=N–C) groups is 1. The monoisotopic (exact) mass is 319 g/mol. The molecule has 1 saturated heterocycles. The summed E-state index contributed by atoms with van der Waals surface area (Å²) >= 11 is 0. The summed E-state index contributed by atoms with van der Waals surface area (Å²) in [5.74, 6) is 0.676. The van der Waals surface area contributed by atoms with E-state index >= 15 is 0 Å². The van der Waals surface area contributed by atoms with Crippen LogP contribution in [0.4, 0.5) is 4.39 Å². The van der Waals surface area contributed by atoms with Crippen molar-refractivity contribution in [1.29, 1.82) is 0 Å². The Morgan fingerprint density at radius 2 is 2.09 bits per heavy atom. The second-order valence-electron chi connectivity index (χ2n) is 7.14. The van der Waals surface area contributed by atoms with Crippen molar-refractivity contribution in [3.05, 3.63) is 35.6 Å². The zero-order valence-electron chi connectivity index (χ0n) is 14.0. The van der Waals surface area contributed by atoms with Crippen LogP contribution < -0.4 is 10.6 Å². The van der Waals surface area contributed by atoms with Crippen molar-refractivity contribution in [2.75, 3.05) is 32.8 Å². The molecule has 5 heteroatoms. The smallest absolute Gasteiger partial charge is 0.191 e. The van der Waals surface area contributed by atoms with Crippen molar-refractivity contribution in [2.45, 2.75) is 32.1 Å². The van der Waals surface area contributed by atoms with Gasteiger partial charge in [-0.15, -0.1) is 0 Å². The highest BCUT2D eigenvalue weighted by atomic mass is 19.1. The molecule has 23 heavy (non-hydrogen) atoms. The van der Waals surface area contributed by atoms with Crippen LogP contribution in [0.1, 0.15) is 32.3 Å². The first-order valence-corrected chi connectivity index (χ1v) is 8.41. The first kappa shape index (κ1) is 16.2. The average molecular weight is 319 g/mol. The minimum Gasteiger partial charge on any atom is -0.380 e. The van der Waals surface area contributed by atoms with Gasteiger partial charge in [-0.3, -0.25) is 4.99 Å². The van der Waals surface area contributed by atoms with Gasteiger partial charge in [-0.25, -0.2) is 4.39 Å². The van der Waals surface area contributed by atoms with Crippen molar-refractivity contribution < 1.29 is 9.13 Å². The summed E-state index contributed by atoms with van der Waals surface area (Å²) in [7, 11) is 0. The molecule has 126 valence electrons. The lowest BCUT2D eigenvalue weighted by Crippen LogP contribution is -2.45. The van der Waals surface area contributed by atoms with E-state index in [0.29, 0.717) is 0 Å². The van der Waals surface area contributed by atoms with Gasteiger partial charge in [-0.05, 0) is 37.5 Å². The van der Waals surface area contributed by atoms with Gasteiger partial charge in [0.1, 0.15) is 5.82 Å². The molecule has 1 aromatic rings. The summed E-state index contributed by atoms with van der Waals surface area (Å²) in [4.78, 5) is 4.69. The molecule has 1 aliphatic heterocycles. The molecule has 0 unspecified atom stereocenters. The number of benzene rings is 1. The van der Waals surface area contributed by atoms with E-state index in [1.165, 1.54) is 6.07 Å². The number of hydrogen-bond donors (Lipinski definition) is 2. The fourth-order valence-electron chi connectivity index (χ4n) is 2.94. The van der Waals surface area contributed by atoms with Gasteiger partial charge in [-0.2, -0.15) is 0 Å². The van der Waals surface area contributed by atoms with Crippen molar-refractivity contribution in [3.8, 4) is 0 Å². The summed E-state index contributed by atoms with van der Waals surface area (Å²) in [6.07, 6.45) is 2.18. The minimum absolute atomic E-state index is 0.0573. The molecular weight excluding hydrogens is 293 g/mol. The normalized spacial score (nSPS) is 21.4. The molecule has 2 fully saturated rings. The third kappa shape index (κ3) is 3.83. The van der Waals surface area contributed by atoms with Crippen LogP contribution in [0.3, 0.4) is 0 Å². The molecule has 2 aliphatic rings. The van der Waals surface area contributed by atoms with Crippen LogP contribution in [0.2, 0.25) is 0 Å². The predicted octanol–water partition coefficient (Wildman–Crippen LogP) is 2.45. The average Bonchev–Trinajstić information content (AvgIpc) is 3.29. The third-order valence-corrected chi connectivity index (χ3v) is 4.75. The molecule has 0 aromatic heterocycles. The van der Waals surface area contributed by atoms with E-state index in [0.717, 1.165) is 57.2 Å². The first-order valence-electron chi connectivity index (χ1n) is 8.41. The molecule has 0 bridgehead atoms. The standard InChI is InChI=1S/C18H26FN3O/c1-3-20-16(21-10-17(2)12-23-13-17)22-11-18(7-8-18)14-5-4-6-15(19)9-14/h4-6,9H,3,7-8,10-13H2,1-2H3,(H2,20,21,22). The van der Waals surface area contributed by atoms with E-state index < -0.39 is 0 Å². The van der Waals surface area contributed by atoms with Crippen LogP contribution in [-0.4, -0.2) is 38.8 Å². The summed E-state index contributed by atoms with van der Waals surface area (Å²) in [5.41, 5.74) is 1.31. The fraction of sp³-hybridized carbons (Fsp3) is 0.611. The van der Waals surface area contributed by atoms with Gasteiger partial charge in [0.2, 0.25) is 0 Å². The number of nitrogens with one attached hydrogen (secondary N) is 2. The molecule has 3 rings (SSSR count). The van der Waals surface area contributed by atoms with Crippen LogP contribution in [0.5, 0.6) is 0 Å². The Bertz CT molecular complexity index is 579. The second kappa shape index (κ2) is 6.48. The van der Waals surface area contributed by atoms with Gasteiger partial charge < -0.3 is 15.4 Å². The van der Waals surface area contributed by atoms with E-state index in [1.807, 2.05) is 6.07 Å². The second-order valence-corrected chi connectivity index (χ2v) is 7.14. The van der Waals surface area contributed by atoms with Gasteiger partial charge in [0.05, 0.1) is 19.8 Å². The Morgan fingerprint density at radius 3 is 2.65 bits per heavy atom. The zero-order valence-corrected chi connectivity index (χ0v) is 14.0. The SMILES string of the molecule is CCNC(=NCC1(C)COC1)NCC1(c2cccc(F)c2)CC1. The maximum Gasteiger partial charge on any atom is 0.191 e. The Labute approximate surface area is 137 Å². The van der Waals surface area contributed by atoms with Crippen LogP contribution in [0.15, 0.2) is 29.3 Å². The predicted molar refractivity (Wildman–Crippen MR) is 90.2 cm³/mol. The van der Waals surface area contributed by atoms with Crippen molar-refractivity contribution in [1.82, 2.24) is 10.6 Å². The van der Waals surface area contributed by atoms with E-state index in [4.69, 9.17) is 4.74 Å². The maximum absolute atomic E-state index is 13.5. The number of hydrogen-bond acceptors (Lipinski definition) is 2. The van der Waals surface area contributed by atoms with E-state index in [2.05, 4.69) is 29.5 Å². The summed E-state index contributed by atoms with van der Waals surface area (Å²) in [6, 6.07) is 6.97. The number of ether oxygens (including phenoxy) is 1. The van der Waals surface area contributed by atoms with E-state index in [9.17, 15) is 4.39 Å². The van der Waals surface area contributed by atoms with Gasteiger partial charge in [0.15, 0.2) is 5.96 Å². The molecule has 1 aromatic carbocycles. The van der Waals surface area contributed by atoms with Gasteiger partial charge in [-0.1, -0.05) is 19.1 Å². The highest BCUT2D eigenvalue weighted by molar-refractivity contribution is 5.80. The number of rotatable bonds is 6. The molecule has 1 saturated carbocycles. The number of halogens is 1. The fourth-order valence-corrected chi connectivity index (χ4v) is 2.94. The Morgan fingerprint density at radius 1 is 1.30 bits per heavy atom. The zero-order chi connectivity index (χ0) is 16.3. The van der Waals surface area contributed by atoms with E-state index in [-0.39, 0.29) is 16.6 Å². The molecular formula is C18H26FN3O. The molecule has 0 atom stereocenters. The highest BCUT2D eigenvalue weighted by Gasteiger charge is 2.44. The lowest BCUT2D eigenvalue weighted by Gasteiger charge is -2.36. The molecule has 0 spiro atoms. The topological polar surface area (TPSA) is 45.7 Å². The first-order chi connectivity index (χ1) is 11.1. The third-order valence-electron chi connectivity index (χ3n) is 4.75. The van der Waals surface area contributed by atoms with Gasteiger partial charge in [0.25, 0.3) is 0 Å². The number of nitrogens with zero attached hydrogens (tertiary/aromatic N) is 1. The summed E-state index contributed by atoms with van der Waals surface area (Å²) in [6.45, 7) is 8.19. The Hall–Kier alpha value is -1.62. The quantitative estimate of drug-likeness (QED) is 0.625. The lowest BCUT2D eigenvalue weighted by molar-refractivity contribution is -0.0945. The molecule has 1 heterocycles. The highest BCUT2D eigenvalue weighted by Crippen LogP contribution is 2.47. The van der Waals surface area contributed by atoms with Crippen LogP contribution >= 0.6 is 0 Å². The Balaban J connectivity index is 1.61. The van der Waals surface area contributed by atoms with Crippen molar-refractivity contribution in [2.24, 2.45) is 10.4 Å². The molecule has 0 amide bonds. The number of guanidine groups is 1. The minimum atomic E-state index is -0.160. The van der Waals surface area contributed by atoms with Crippen LogP contribution in [-0.2, 0) is 10.2 Å². The Kier molecular flexibility index (Phi) is 4.57. The molecule has 1 aliphatic carbocycles. The van der Waals surface area contributed by atoms with Crippen LogP contribution in [0, 0.1) is 11.2 Å². The summed E-state index contributed by atoms with van der Waals surface area (Å²) in [5, 5.41) is 6.73. The maximum atomic E-state index is 13.5. The molecule has 0 radical (unpaired) electrons. The molecule has 4 nitrogen and oxygen atoms in total. The summed E-state index contributed by atoms with van der Waals surface area (Å²) < 4.78 is 18.8. The van der Waals surface area contributed by atoms with Gasteiger partial charge >= 0.3 is 0 Å². The molecule has 2 N–H and O–H groups in total. The van der Waals surface area contributed by atoms with Crippen LogP contribution in [0.25, 0.3) is 0 Å². The lowest BCUT2D eigenvalue weighted by atomic mass is 9.89.